The molecule has 3 nitrogen and oxygen atoms in total. The Bertz CT molecular complexity index is 425. The minimum atomic E-state index is 0.222. The first-order valence-corrected chi connectivity index (χ1v) is 6.55. The van der Waals surface area contributed by atoms with E-state index >= 15 is 0 Å². The van der Waals surface area contributed by atoms with Gasteiger partial charge in [-0.1, -0.05) is 17.7 Å². The summed E-state index contributed by atoms with van der Waals surface area (Å²) in [6.07, 6.45) is 3.07. The summed E-state index contributed by atoms with van der Waals surface area (Å²) in [5, 5.41) is 3.23. The lowest BCUT2D eigenvalue weighted by Crippen LogP contribution is -2.26. The Morgan fingerprint density at radius 1 is 1.44 bits per heavy atom. The number of hydrogen-bond acceptors (Lipinski definition) is 3. The summed E-state index contributed by atoms with van der Waals surface area (Å²) < 4.78 is 5.28. The monoisotopic (exact) mass is 247 g/mol. The number of carbonyl (C=O) groups is 1. The van der Waals surface area contributed by atoms with Crippen molar-refractivity contribution in [2.45, 2.75) is 26.2 Å². The minimum Gasteiger partial charge on any atom is -0.496 e. The second-order valence-electron chi connectivity index (χ2n) is 5.11. The first kappa shape index (κ1) is 13.1. The second-order valence-corrected chi connectivity index (χ2v) is 5.11. The van der Waals surface area contributed by atoms with Gasteiger partial charge >= 0.3 is 0 Å². The van der Waals surface area contributed by atoms with Gasteiger partial charge in [-0.3, -0.25) is 4.79 Å². The summed E-state index contributed by atoms with van der Waals surface area (Å²) in [6, 6.07) is 5.95. The molecule has 1 N–H and O–H groups in total. The molecule has 1 aromatic rings. The van der Waals surface area contributed by atoms with E-state index in [0.717, 1.165) is 29.3 Å². The highest BCUT2D eigenvalue weighted by Crippen LogP contribution is 2.27. The fourth-order valence-electron chi connectivity index (χ4n) is 2.06. The maximum Gasteiger partial charge on any atom is 0.151 e. The molecule has 0 radical (unpaired) electrons. The van der Waals surface area contributed by atoms with Crippen LogP contribution in [0.25, 0.3) is 0 Å². The molecule has 0 bridgehead atoms. The zero-order valence-corrected chi connectivity index (χ0v) is 11.2. The molecule has 2 rings (SSSR count). The number of benzene rings is 1. The number of rotatable bonds is 7. The van der Waals surface area contributed by atoms with Gasteiger partial charge in [0.05, 0.1) is 13.7 Å². The van der Waals surface area contributed by atoms with E-state index < -0.39 is 0 Å². The summed E-state index contributed by atoms with van der Waals surface area (Å²) in [7, 11) is 1.64. The standard InChI is InChI=1S/C15H21NO2/c1-11-3-6-15(18-2)13(7-11)8-14(17)10-16-9-12-4-5-12/h3,6-7,12,16H,4-5,8-10H2,1-2H3. The maximum atomic E-state index is 11.9. The molecule has 0 saturated heterocycles. The van der Waals surface area contributed by atoms with Crippen LogP contribution in [0.4, 0.5) is 0 Å². The Kier molecular flexibility index (Phi) is 4.37. The lowest BCUT2D eigenvalue weighted by molar-refractivity contribution is -0.117. The quantitative estimate of drug-likeness (QED) is 0.802. The van der Waals surface area contributed by atoms with E-state index in [0.29, 0.717) is 13.0 Å². The number of ketones is 1. The van der Waals surface area contributed by atoms with E-state index in [1.54, 1.807) is 7.11 Å². The van der Waals surface area contributed by atoms with Crippen LogP contribution < -0.4 is 10.1 Å². The summed E-state index contributed by atoms with van der Waals surface area (Å²) >= 11 is 0. The molecular formula is C15H21NO2. The number of carbonyl (C=O) groups excluding carboxylic acids is 1. The van der Waals surface area contributed by atoms with E-state index in [9.17, 15) is 4.79 Å². The molecule has 0 heterocycles. The third-order valence-corrected chi connectivity index (χ3v) is 3.28. The molecule has 0 atom stereocenters. The molecule has 0 unspecified atom stereocenters. The van der Waals surface area contributed by atoms with Crippen LogP contribution in [0.2, 0.25) is 0 Å². The van der Waals surface area contributed by atoms with E-state index in [-0.39, 0.29) is 5.78 Å². The van der Waals surface area contributed by atoms with Crippen LogP contribution in [0.1, 0.15) is 24.0 Å². The van der Waals surface area contributed by atoms with Crippen molar-refractivity contribution in [3.63, 3.8) is 0 Å². The summed E-state index contributed by atoms with van der Waals surface area (Å²) in [5.41, 5.74) is 2.14. The van der Waals surface area contributed by atoms with Crippen molar-refractivity contribution < 1.29 is 9.53 Å². The van der Waals surface area contributed by atoms with Crippen LogP contribution >= 0.6 is 0 Å². The Hall–Kier alpha value is -1.35. The average molecular weight is 247 g/mol. The number of methoxy groups -OCH3 is 1. The van der Waals surface area contributed by atoms with Crippen molar-refractivity contribution in [1.82, 2.24) is 5.32 Å². The number of Topliss-reactive ketones (excluding diaryl/α,β-unsaturated/α-hetero) is 1. The molecule has 1 saturated carbocycles. The number of ether oxygens (including phenoxy) is 1. The van der Waals surface area contributed by atoms with Gasteiger partial charge in [0.1, 0.15) is 5.75 Å². The van der Waals surface area contributed by atoms with Crippen molar-refractivity contribution in [2.24, 2.45) is 5.92 Å². The number of nitrogens with one attached hydrogen (secondary N) is 1. The highest BCUT2D eigenvalue weighted by molar-refractivity contribution is 5.83. The van der Waals surface area contributed by atoms with Crippen molar-refractivity contribution in [3.05, 3.63) is 29.3 Å². The normalized spacial score (nSPS) is 14.6. The van der Waals surface area contributed by atoms with Gasteiger partial charge in [-0.2, -0.15) is 0 Å². The van der Waals surface area contributed by atoms with Gasteiger partial charge in [-0.25, -0.2) is 0 Å². The Morgan fingerprint density at radius 2 is 2.22 bits per heavy atom. The third-order valence-electron chi connectivity index (χ3n) is 3.28. The Morgan fingerprint density at radius 3 is 2.89 bits per heavy atom. The van der Waals surface area contributed by atoms with Crippen molar-refractivity contribution >= 4 is 5.78 Å². The van der Waals surface area contributed by atoms with E-state index in [1.165, 1.54) is 12.8 Å². The first-order valence-electron chi connectivity index (χ1n) is 6.55. The molecule has 1 aliphatic carbocycles. The highest BCUT2D eigenvalue weighted by atomic mass is 16.5. The van der Waals surface area contributed by atoms with E-state index in [1.807, 2.05) is 25.1 Å². The number of hydrogen-bond donors (Lipinski definition) is 1. The van der Waals surface area contributed by atoms with Gasteiger partial charge in [-0.05, 0) is 38.3 Å². The molecular weight excluding hydrogens is 226 g/mol. The molecule has 18 heavy (non-hydrogen) atoms. The van der Waals surface area contributed by atoms with Crippen LogP contribution in [0, 0.1) is 12.8 Å². The van der Waals surface area contributed by atoms with E-state index in [2.05, 4.69) is 5.32 Å². The number of aryl methyl sites for hydroxylation is 1. The minimum absolute atomic E-state index is 0.222. The van der Waals surface area contributed by atoms with Crippen LogP contribution in [-0.2, 0) is 11.2 Å². The van der Waals surface area contributed by atoms with Gasteiger partial charge in [0, 0.05) is 12.0 Å². The summed E-state index contributed by atoms with van der Waals surface area (Å²) in [4.78, 5) is 11.9. The van der Waals surface area contributed by atoms with Crippen LogP contribution in [0.15, 0.2) is 18.2 Å². The SMILES string of the molecule is COc1ccc(C)cc1CC(=O)CNCC1CC1. The Balaban J connectivity index is 1.86. The summed E-state index contributed by atoms with van der Waals surface area (Å²) in [5.74, 6) is 1.84. The molecule has 1 aromatic carbocycles. The second kappa shape index (κ2) is 6.01. The topological polar surface area (TPSA) is 38.3 Å². The fourth-order valence-corrected chi connectivity index (χ4v) is 2.06. The average Bonchev–Trinajstić information content (AvgIpc) is 3.13. The lowest BCUT2D eigenvalue weighted by atomic mass is 10.0. The van der Waals surface area contributed by atoms with E-state index in [4.69, 9.17) is 4.74 Å². The van der Waals surface area contributed by atoms with Crippen LogP contribution in [-0.4, -0.2) is 26.0 Å². The molecule has 0 spiro atoms. The fraction of sp³-hybridized carbons (Fsp3) is 0.533. The Labute approximate surface area is 109 Å². The maximum absolute atomic E-state index is 11.9. The van der Waals surface area contributed by atoms with Crippen LogP contribution in [0.3, 0.4) is 0 Å². The van der Waals surface area contributed by atoms with Gasteiger partial charge < -0.3 is 10.1 Å². The highest BCUT2D eigenvalue weighted by Gasteiger charge is 2.20. The molecule has 98 valence electrons. The van der Waals surface area contributed by atoms with Crippen molar-refractivity contribution in [1.29, 1.82) is 0 Å². The molecule has 1 aliphatic rings. The smallest absolute Gasteiger partial charge is 0.151 e. The molecule has 0 amide bonds. The first-order chi connectivity index (χ1) is 8.69. The van der Waals surface area contributed by atoms with Gasteiger partial charge in [0.15, 0.2) is 5.78 Å². The lowest BCUT2D eigenvalue weighted by Gasteiger charge is -2.09. The third kappa shape index (κ3) is 3.84. The van der Waals surface area contributed by atoms with Crippen molar-refractivity contribution in [3.8, 4) is 5.75 Å². The van der Waals surface area contributed by atoms with Gasteiger partial charge in [0.2, 0.25) is 0 Å². The van der Waals surface area contributed by atoms with Gasteiger partial charge in [0.25, 0.3) is 0 Å². The zero-order valence-electron chi connectivity index (χ0n) is 11.2. The molecule has 0 aliphatic heterocycles. The largest absolute Gasteiger partial charge is 0.496 e. The molecule has 1 fully saturated rings. The molecule has 0 aromatic heterocycles. The van der Waals surface area contributed by atoms with Crippen LogP contribution in [0.5, 0.6) is 5.75 Å². The summed E-state index contributed by atoms with van der Waals surface area (Å²) in [6.45, 7) is 3.48. The molecule has 3 heteroatoms. The zero-order chi connectivity index (χ0) is 13.0. The van der Waals surface area contributed by atoms with Gasteiger partial charge in [-0.15, -0.1) is 0 Å². The predicted octanol–water partition coefficient (Wildman–Crippen LogP) is 2.11. The predicted molar refractivity (Wildman–Crippen MR) is 72.0 cm³/mol. The van der Waals surface area contributed by atoms with Crippen molar-refractivity contribution in [2.75, 3.05) is 20.2 Å².